The Bertz CT molecular complexity index is 569. The Morgan fingerprint density at radius 2 is 1.65 bits per heavy atom. The normalized spacial score (nSPS) is 11.9. The second-order valence-corrected chi connectivity index (χ2v) is 5.25. The fourth-order valence-electron chi connectivity index (χ4n) is 2.04. The lowest BCUT2D eigenvalue weighted by Crippen LogP contribution is -2.11. The van der Waals surface area contributed by atoms with Gasteiger partial charge >= 0.3 is 0 Å². The Balaban J connectivity index is 2.06. The summed E-state index contributed by atoms with van der Waals surface area (Å²) in [6.45, 7) is 6.40. The van der Waals surface area contributed by atoms with Gasteiger partial charge in [0.2, 0.25) is 0 Å². The van der Waals surface area contributed by atoms with Crippen molar-refractivity contribution < 1.29 is 4.79 Å². The zero-order chi connectivity index (χ0) is 14.5. The molecule has 1 atom stereocenters. The van der Waals surface area contributed by atoms with Gasteiger partial charge in [0.15, 0.2) is 0 Å². The topological polar surface area (TPSA) is 29.1 Å². The zero-order valence-electron chi connectivity index (χ0n) is 12.3. The average molecular weight is 267 g/mol. The van der Waals surface area contributed by atoms with Crippen molar-refractivity contribution in [3.63, 3.8) is 0 Å². The van der Waals surface area contributed by atoms with E-state index in [1.807, 2.05) is 43.3 Å². The zero-order valence-corrected chi connectivity index (χ0v) is 12.3. The second-order valence-electron chi connectivity index (χ2n) is 5.25. The van der Waals surface area contributed by atoms with Crippen LogP contribution in [0.15, 0.2) is 48.5 Å². The third-order valence-electron chi connectivity index (χ3n) is 3.66. The van der Waals surface area contributed by atoms with E-state index in [-0.39, 0.29) is 5.91 Å². The number of rotatable bonds is 4. The van der Waals surface area contributed by atoms with E-state index in [9.17, 15) is 4.79 Å². The van der Waals surface area contributed by atoms with Gasteiger partial charge in [-0.15, -0.1) is 0 Å². The number of amides is 1. The fraction of sp³-hybridized carbons (Fsp3) is 0.278. The molecule has 0 fully saturated rings. The SMILES string of the molecule is CCC(C)c1ccc(NC(=O)c2ccc(C)cc2)cc1. The second kappa shape index (κ2) is 6.38. The number of carbonyl (C=O) groups excluding carboxylic acids is 1. The lowest BCUT2D eigenvalue weighted by Gasteiger charge is -2.10. The van der Waals surface area contributed by atoms with Gasteiger partial charge < -0.3 is 5.32 Å². The molecule has 0 saturated heterocycles. The first kappa shape index (κ1) is 14.3. The molecule has 104 valence electrons. The first-order valence-corrected chi connectivity index (χ1v) is 7.08. The van der Waals surface area contributed by atoms with Crippen molar-refractivity contribution in [2.24, 2.45) is 0 Å². The summed E-state index contributed by atoms with van der Waals surface area (Å²) >= 11 is 0. The molecule has 2 aromatic rings. The molecule has 2 nitrogen and oxygen atoms in total. The van der Waals surface area contributed by atoms with Crippen molar-refractivity contribution >= 4 is 11.6 Å². The third-order valence-corrected chi connectivity index (χ3v) is 3.66. The maximum absolute atomic E-state index is 12.1. The van der Waals surface area contributed by atoms with Crippen LogP contribution >= 0.6 is 0 Å². The number of anilines is 1. The molecule has 2 rings (SSSR count). The van der Waals surface area contributed by atoms with Crippen molar-refractivity contribution in [1.82, 2.24) is 0 Å². The molecule has 20 heavy (non-hydrogen) atoms. The van der Waals surface area contributed by atoms with Crippen LogP contribution in [0.3, 0.4) is 0 Å². The van der Waals surface area contributed by atoms with Gasteiger partial charge in [-0.05, 0) is 49.1 Å². The lowest BCUT2D eigenvalue weighted by molar-refractivity contribution is 0.102. The Morgan fingerprint density at radius 1 is 1.05 bits per heavy atom. The van der Waals surface area contributed by atoms with Crippen LogP contribution in [-0.4, -0.2) is 5.91 Å². The van der Waals surface area contributed by atoms with Gasteiger partial charge in [-0.25, -0.2) is 0 Å². The molecule has 0 radical (unpaired) electrons. The molecule has 0 heterocycles. The van der Waals surface area contributed by atoms with Crippen LogP contribution in [0.2, 0.25) is 0 Å². The van der Waals surface area contributed by atoms with Crippen LogP contribution in [0.25, 0.3) is 0 Å². The Labute approximate surface area is 120 Å². The van der Waals surface area contributed by atoms with Crippen molar-refractivity contribution in [3.05, 3.63) is 65.2 Å². The summed E-state index contributed by atoms with van der Waals surface area (Å²) in [4.78, 5) is 12.1. The van der Waals surface area contributed by atoms with Crippen molar-refractivity contribution in [1.29, 1.82) is 0 Å². The number of carbonyl (C=O) groups is 1. The van der Waals surface area contributed by atoms with E-state index < -0.39 is 0 Å². The van der Waals surface area contributed by atoms with E-state index in [0.29, 0.717) is 11.5 Å². The van der Waals surface area contributed by atoms with E-state index in [0.717, 1.165) is 17.7 Å². The predicted molar refractivity (Wildman–Crippen MR) is 84.3 cm³/mol. The molecular formula is C18H21NO. The number of benzene rings is 2. The third kappa shape index (κ3) is 3.47. The molecule has 0 aliphatic heterocycles. The van der Waals surface area contributed by atoms with Gasteiger partial charge in [-0.1, -0.05) is 43.7 Å². The summed E-state index contributed by atoms with van der Waals surface area (Å²) in [6, 6.07) is 15.7. The molecule has 0 saturated carbocycles. The van der Waals surface area contributed by atoms with Gasteiger partial charge in [0.05, 0.1) is 0 Å². The van der Waals surface area contributed by atoms with Crippen molar-refractivity contribution in [2.75, 3.05) is 5.32 Å². The molecular weight excluding hydrogens is 246 g/mol. The summed E-state index contributed by atoms with van der Waals surface area (Å²) in [6.07, 6.45) is 1.12. The van der Waals surface area contributed by atoms with Gasteiger partial charge in [0.1, 0.15) is 0 Å². The highest BCUT2D eigenvalue weighted by Gasteiger charge is 2.06. The molecule has 0 spiro atoms. The molecule has 0 aromatic heterocycles. The highest BCUT2D eigenvalue weighted by molar-refractivity contribution is 6.04. The van der Waals surface area contributed by atoms with Crippen LogP contribution in [-0.2, 0) is 0 Å². The monoisotopic (exact) mass is 267 g/mol. The minimum absolute atomic E-state index is 0.0683. The summed E-state index contributed by atoms with van der Waals surface area (Å²) < 4.78 is 0. The number of aryl methyl sites for hydroxylation is 1. The highest BCUT2D eigenvalue weighted by atomic mass is 16.1. The van der Waals surface area contributed by atoms with Crippen LogP contribution in [0.1, 0.15) is 47.7 Å². The van der Waals surface area contributed by atoms with Gasteiger partial charge in [0, 0.05) is 11.3 Å². The summed E-state index contributed by atoms with van der Waals surface area (Å²) in [5.41, 5.74) is 3.98. The number of hydrogen-bond donors (Lipinski definition) is 1. The van der Waals surface area contributed by atoms with Crippen LogP contribution < -0.4 is 5.32 Å². The molecule has 0 aliphatic rings. The van der Waals surface area contributed by atoms with E-state index in [2.05, 4.69) is 31.3 Å². The predicted octanol–water partition coefficient (Wildman–Crippen LogP) is 4.76. The van der Waals surface area contributed by atoms with Crippen molar-refractivity contribution in [2.45, 2.75) is 33.1 Å². The fourth-order valence-corrected chi connectivity index (χ4v) is 2.04. The Kier molecular flexibility index (Phi) is 4.57. The number of hydrogen-bond acceptors (Lipinski definition) is 1. The molecule has 0 aliphatic carbocycles. The van der Waals surface area contributed by atoms with Crippen LogP contribution in [0.4, 0.5) is 5.69 Å². The lowest BCUT2D eigenvalue weighted by atomic mass is 9.98. The molecule has 2 heteroatoms. The minimum atomic E-state index is -0.0683. The smallest absolute Gasteiger partial charge is 0.255 e. The minimum Gasteiger partial charge on any atom is -0.322 e. The Hall–Kier alpha value is -2.09. The van der Waals surface area contributed by atoms with Gasteiger partial charge in [-0.2, -0.15) is 0 Å². The summed E-state index contributed by atoms with van der Waals surface area (Å²) in [5.74, 6) is 0.484. The molecule has 2 aromatic carbocycles. The maximum atomic E-state index is 12.1. The summed E-state index contributed by atoms with van der Waals surface area (Å²) in [5, 5.41) is 2.92. The van der Waals surface area contributed by atoms with Gasteiger partial charge in [0.25, 0.3) is 5.91 Å². The molecule has 0 bridgehead atoms. The van der Waals surface area contributed by atoms with Crippen LogP contribution in [0.5, 0.6) is 0 Å². The molecule has 1 unspecified atom stereocenters. The maximum Gasteiger partial charge on any atom is 0.255 e. The van der Waals surface area contributed by atoms with Gasteiger partial charge in [-0.3, -0.25) is 4.79 Å². The average Bonchev–Trinajstić information content (AvgIpc) is 2.48. The van der Waals surface area contributed by atoms with E-state index in [1.54, 1.807) is 0 Å². The van der Waals surface area contributed by atoms with Crippen molar-refractivity contribution in [3.8, 4) is 0 Å². The van der Waals surface area contributed by atoms with Crippen LogP contribution in [0, 0.1) is 6.92 Å². The largest absolute Gasteiger partial charge is 0.322 e. The molecule has 1 amide bonds. The highest BCUT2D eigenvalue weighted by Crippen LogP contribution is 2.20. The number of nitrogens with one attached hydrogen (secondary N) is 1. The van der Waals surface area contributed by atoms with E-state index >= 15 is 0 Å². The Morgan fingerprint density at radius 3 is 2.20 bits per heavy atom. The quantitative estimate of drug-likeness (QED) is 0.850. The molecule has 1 N–H and O–H groups in total. The van der Waals surface area contributed by atoms with E-state index in [4.69, 9.17) is 0 Å². The first-order valence-electron chi connectivity index (χ1n) is 7.08. The first-order chi connectivity index (χ1) is 9.60. The van der Waals surface area contributed by atoms with E-state index in [1.165, 1.54) is 5.56 Å². The summed E-state index contributed by atoms with van der Waals surface area (Å²) in [7, 11) is 0. The standard InChI is InChI=1S/C18H21NO/c1-4-14(3)15-9-11-17(12-10-15)19-18(20)16-7-5-13(2)6-8-16/h5-12,14H,4H2,1-3H3,(H,19,20).